The van der Waals surface area contributed by atoms with Gasteiger partial charge in [0, 0.05) is 28.6 Å². The van der Waals surface area contributed by atoms with E-state index in [-0.39, 0.29) is 28.6 Å². The van der Waals surface area contributed by atoms with Crippen molar-refractivity contribution in [3.05, 3.63) is 47.0 Å². The second kappa shape index (κ2) is 8.00. The minimum atomic E-state index is -0.879. The Labute approximate surface area is 218 Å². The van der Waals surface area contributed by atoms with Gasteiger partial charge in [-0.15, -0.1) is 0 Å². The van der Waals surface area contributed by atoms with Crippen LogP contribution in [0.1, 0.15) is 77.6 Å². The zero-order chi connectivity index (χ0) is 27.2. The van der Waals surface area contributed by atoms with Crippen molar-refractivity contribution in [1.82, 2.24) is 0 Å². The number of aromatic carboxylic acids is 1. The molecule has 3 saturated carbocycles. The number of benzene rings is 1. The van der Waals surface area contributed by atoms with E-state index >= 15 is 0 Å². The van der Waals surface area contributed by atoms with Gasteiger partial charge in [-0.2, -0.15) is 0 Å². The van der Waals surface area contributed by atoms with Crippen molar-refractivity contribution >= 4 is 17.7 Å². The van der Waals surface area contributed by atoms with Crippen LogP contribution in [0.5, 0.6) is 0 Å². The minimum Gasteiger partial charge on any atom is -0.478 e. The van der Waals surface area contributed by atoms with E-state index in [0.717, 1.165) is 24.0 Å². The smallest absolute Gasteiger partial charge is 0.335 e. The molecule has 1 spiro atoms. The van der Waals surface area contributed by atoms with Crippen LogP contribution < -0.4 is 0 Å². The van der Waals surface area contributed by atoms with E-state index in [1.54, 1.807) is 30.3 Å². The highest BCUT2D eigenvalue weighted by Crippen LogP contribution is 2.87. The summed E-state index contributed by atoms with van der Waals surface area (Å²) in [6.45, 7) is 12.7. The molecule has 1 saturated heterocycles. The van der Waals surface area contributed by atoms with Crippen LogP contribution in [-0.2, 0) is 19.1 Å². The zero-order valence-electron chi connectivity index (χ0n) is 22.6. The highest BCUT2D eigenvalue weighted by Gasteiger charge is 2.90. The number of ether oxygens (including phenoxy) is 2. The number of carboxylic acid groups (broad SMARTS) is 1. The number of fused-ring (bicyclic) bond motifs is 1. The predicted octanol–water partition coefficient (Wildman–Crippen LogP) is 4.57. The number of carbonyl (C=O) groups is 3. The van der Waals surface area contributed by atoms with Crippen molar-refractivity contribution in [2.45, 2.75) is 85.0 Å². The molecule has 2 N–H and O–H groups in total. The zero-order valence-corrected chi connectivity index (χ0v) is 22.6. The van der Waals surface area contributed by atoms with Crippen LogP contribution in [0.3, 0.4) is 0 Å². The Morgan fingerprint density at radius 1 is 1.14 bits per heavy atom. The van der Waals surface area contributed by atoms with Gasteiger partial charge in [-0.25, -0.2) is 4.79 Å². The second-order valence-corrected chi connectivity index (χ2v) is 12.5. The summed E-state index contributed by atoms with van der Waals surface area (Å²) in [7, 11) is 0. The third kappa shape index (κ3) is 2.87. The Morgan fingerprint density at radius 2 is 1.78 bits per heavy atom. The fourth-order valence-corrected chi connectivity index (χ4v) is 9.28. The normalized spacial score (nSPS) is 45.1. The van der Waals surface area contributed by atoms with Crippen LogP contribution in [0.25, 0.3) is 0 Å². The van der Waals surface area contributed by atoms with Crippen molar-refractivity contribution in [2.75, 3.05) is 6.61 Å². The Balaban J connectivity index is 0.000000265. The molecule has 0 amide bonds. The topological polar surface area (TPSA) is 110 Å². The Morgan fingerprint density at radius 3 is 2.30 bits per heavy atom. The maximum absolute atomic E-state index is 14.1. The molecular weight excluding hydrogens is 472 g/mol. The molecule has 7 heteroatoms. The molecule has 4 fully saturated rings. The Bertz CT molecular complexity index is 1210. The molecule has 200 valence electrons. The monoisotopic (exact) mass is 510 g/mol. The largest absolute Gasteiger partial charge is 0.478 e. The number of Topliss-reactive ketones (excluding diaryl/α,β-unsaturated/α-hetero) is 1. The number of carbonyl (C=O) groups excluding carboxylic acids is 2. The third-order valence-electron chi connectivity index (χ3n) is 11.3. The third-order valence-corrected chi connectivity index (χ3v) is 11.3. The first-order valence-electron chi connectivity index (χ1n) is 13.3. The molecule has 5 aliphatic rings. The van der Waals surface area contributed by atoms with E-state index < -0.39 is 34.5 Å². The predicted molar refractivity (Wildman–Crippen MR) is 136 cm³/mol. The summed E-state index contributed by atoms with van der Waals surface area (Å²) in [5.74, 6) is -1.19. The van der Waals surface area contributed by atoms with E-state index in [4.69, 9.17) is 14.6 Å². The number of esters is 1. The Hall–Kier alpha value is -2.51. The first kappa shape index (κ1) is 26.1. The lowest BCUT2D eigenvalue weighted by atomic mass is 9.19. The van der Waals surface area contributed by atoms with Crippen molar-refractivity contribution in [3.63, 3.8) is 0 Å². The molecule has 7 nitrogen and oxygen atoms in total. The summed E-state index contributed by atoms with van der Waals surface area (Å²) >= 11 is 0. The highest BCUT2D eigenvalue weighted by atomic mass is 16.5. The molecule has 37 heavy (non-hydrogen) atoms. The van der Waals surface area contributed by atoms with Gasteiger partial charge >= 0.3 is 11.9 Å². The molecule has 1 aromatic carbocycles. The first-order valence-corrected chi connectivity index (χ1v) is 13.3. The number of hydrogen-bond acceptors (Lipinski definition) is 6. The van der Waals surface area contributed by atoms with Gasteiger partial charge in [-0.05, 0) is 56.2 Å². The van der Waals surface area contributed by atoms with Gasteiger partial charge in [0.25, 0.3) is 0 Å². The summed E-state index contributed by atoms with van der Waals surface area (Å²) in [6, 6.07) is 8.30. The molecule has 6 rings (SSSR count). The molecule has 0 bridgehead atoms. The van der Waals surface area contributed by atoms with Crippen LogP contribution in [0, 0.1) is 27.6 Å². The van der Waals surface area contributed by atoms with E-state index in [0.29, 0.717) is 25.0 Å². The van der Waals surface area contributed by atoms with E-state index in [2.05, 4.69) is 27.7 Å². The van der Waals surface area contributed by atoms with Crippen molar-refractivity contribution < 1.29 is 34.1 Å². The standard InChI is InChI=1S/C23H32O5.C7H6O2/c1-12-7-8-22(26)10-23-19(4)11-27-15(19)9-13(2)20(23,5)18(25)17(28-14(3)24)16(12)21(22,23)6;8-7(9)6-4-2-1-3-5-6/h13,15,17,26H,7-11H2,1-6H3;1-5H,(H,8,9)/t13?,15-,17-,19-,20+,21+,22-,23?;/m1./s1. The molecule has 1 aromatic rings. The number of rotatable bonds is 2. The minimum absolute atomic E-state index is 0.0255. The Kier molecular flexibility index (Phi) is 5.64. The van der Waals surface area contributed by atoms with Crippen molar-refractivity contribution in [2.24, 2.45) is 27.6 Å². The van der Waals surface area contributed by atoms with Gasteiger partial charge in [0.05, 0.1) is 23.9 Å². The number of aliphatic hydroxyl groups is 1. The maximum atomic E-state index is 14.1. The maximum Gasteiger partial charge on any atom is 0.335 e. The molecular formula is C30H38O7. The van der Waals surface area contributed by atoms with Gasteiger partial charge in [-0.3, -0.25) is 9.59 Å². The summed E-state index contributed by atoms with van der Waals surface area (Å²) in [4.78, 5) is 36.3. The summed E-state index contributed by atoms with van der Waals surface area (Å²) in [5.41, 5.74) is -0.333. The fourth-order valence-electron chi connectivity index (χ4n) is 9.28. The first-order chi connectivity index (χ1) is 17.2. The molecule has 4 aliphatic carbocycles. The summed E-state index contributed by atoms with van der Waals surface area (Å²) in [5, 5.41) is 20.2. The molecule has 8 atom stereocenters. The SMILES string of the molecule is CC(=O)O[C@H]1C(=O)[C@]2(C)C(C)C[C@H]3OC[C@@]3(C)C23C[C@]2(O)CCC(C)=C1[C@]32C.O=C(O)c1ccccc1. The summed E-state index contributed by atoms with van der Waals surface area (Å²) in [6.07, 6.45) is 2.15. The number of allylic oxidation sites excluding steroid dienone is 1. The van der Waals surface area contributed by atoms with E-state index in [1.165, 1.54) is 6.92 Å². The lowest BCUT2D eigenvalue weighted by Gasteiger charge is -2.86. The lowest BCUT2D eigenvalue weighted by molar-refractivity contribution is -0.414. The van der Waals surface area contributed by atoms with Gasteiger partial charge in [0.1, 0.15) is 0 Å². The summed E-state index contributed by atoms with van der Waals surface area (Å²) < 4.78 is 11.7. The van der Waals surface area contributed by atoms with Crippen LogP contribution >= 0.6 is 0 Å². The lowest BCUT2D eigenvalue weighted by Crippen LogP contribution is -2.89. The van der Waals surface area contributed by atoms with Crippen LogP contribution in [0.2, 0.25) is 0 Å². The quantitative estimate of drug-likeness (QED) is 0.443. The fraction of sp³-hybridized carbons (Fsp3) is 0.633. The van der Waals surface area contributed by atoms with Gasteiger partial charge in [0.2, 0.25) is 0 Å². The molecule has 1 aliphatic heterocycles. The highest BCUT2D eigenvalue weighted by molar-refractivity contribution is 5.97. The molecule has 2 unspecified atom stereocenters. The van der Waals surface area contributed by atoms with Crippen LogP contribution in [0.4, 0.5) is 0 Å². The van der Waals surface area contributed by atoms with E-state index in [1.807, 2.05) is 6.92 Å². The van der Waals surface area contributed by atoms with Crippen molar-refractivity contribution in [3.8, 4) is 0 Å². The molecule has 0 aromatic heterocycles. The second-order valence-electron chi connectivity index (χ2n) is 12.5. The number of ketones is 1. The van der Waals surface area contributed by atoms with Gasteiger partial charge < -0.3 is 19.7 Å². The number of carboxylic acids is 1. The van der Waals surface area contributed by atoms with Crippen LogP contribution in [0.15, 0.2) is 41.5 Å². The number of hydrogen-bond donors (Lipinski definition) is 2. The van der Waals surface area contributed by atoms with Crippen LogP contribution in [-0.4, -0.2) is 52.4 Å². The van der Waals surface area contributed by atoms with Gasteiger partial charge in [0.15, 0.2) is 11.9 Å². The molecule has 1 heterocycles. The van der Waals surface area contributed by atoms with Crippen molar-refractivity contribution in [1.29, 1.82) is 0 Å². The average molecular weight is 511 g/mol. The van der Waals surface area contributed by atoms with Gasteiger partial charge in [-0.1, -0.05) is 51.5 Å². The van der Waals surface area contributed by atoms with E-state index in [9.17, 15) is 19.5 Å². The molecule has 0 radical (unpaired) electrons. The average Bonchev–Trinajstić information content (AvgIpc) is 2.84.